The summed E-state index contributed by atoms with van der Waals surface area (Å²) in [6, 6.07) is 4.30. The van der Waals surface area contributed by atoms with E-state index in [0.29, 0.717) is 0 Å². The molecule has 1 fully saturated rings. The molecule has 3 rings (SSSR count). The van der Waals surface area contributed by atoms with Crippen molar-refractivity contribution in [2.75, 3.05) is 18.1 Å². The Balaban J connectivity index is 2.06. The number of ether oxygens (including phenoxy) is 1. The molecule has 3 heterocycles. The average molecular weight is 586 g/mol. The van der Waals surface area contributed by atoms with E-state index < -0.39 is 45.9 Å². The van der Waals surface area contributed by atoms with E-state index in [2.05, 4.69) is 20.9 Å². The van der Waals surface area contributed by atoms with Crippen molar-refractivity contribution < 1.29 is 22.7 Å². The number of nitrogens with zero attached hydrogens (tertiary/aromatic N) is 4. The number of hydrazine groups is 1. The molecule has 0 aromatic carbocycles. The van der Waals surface area contributed by atoms with Crippen LogP contribution in [0.2, 0.25) is 10.3 Å². The second-order valence-electron chi connectivity index (χ2n) is 11.8. The fraction of sp³-hybridized carbons (Fsp3) is 0.520. The largest absolute Gasteiger partial charge is 0.476 e. The molecule has 1 aliphatic heterocycles. The summed E-state index contributed by atoms with van der Waals surface area (Å²) in [5, 5.41) is 8.32. The summed E-state index contributed by atoms with van der Waals surface area (Å²) in [5.41, 5.74) is 8.01. The van der Waals surface area contributed by atoms with Crippen molar-refractivity contribution in [3.05, 3.63) is 41.4 Å². The smallest absolute Gasteiger partial charge is 0.397 e. The van der Waals surface area contributed by atoms with Crippen LogP contribution in [0.3, 0.4) is 0 Å². The van der Waals surface area contributed by atoms with Crippen molar-refractivity contribution in [2.24, 2.45) is 17.1 Å². The van der Waals surface area contributed by atoms with E-state index in [-0.39, 0.29) is 41.0 Å². The third-order valence-electron chi connectivity index (χ3n) is 7.67. The van der Waals surface area contributed by atoms with Gasteiger partial charge in [0.1, 0.15) is 12.4 Å². The van der Waals surface area contributed by atoms with Gasteiger partial charge in [0.25, 0.3) is 5.91 Å². The summed E-state index contributed by atoms with van der Waals surface area (Å²) in [5.74, 6) is -1.33. The molecule has 218 valence electrons. The molecule has 0 spiro atoms. The molecule has 10 nitrogen and oxygen atoms in total. The molecule has 0 aliphatic carbocycles. The van der Waals surface area contributed by atoms with Gasteiger partial charge in [0, 0.05) is 36.3 Å². The predicted molar refractivity (Wildman–Crippen MR) is 162 cm³/mol. The van der Waals surface area contributed by atoms with Crippen LogP contribution in [0.1, 0.15) is 45.0 Å². The van der Waals surface area contributed by atoms with E-state index in [1.807, 2.05) is 0 Å². The van der Waals surface area contributed by atoms with Crippen LogP contribution in [0.15, 0.2) is 35.8 Å². The van der Waals surface area contributed by atoms with Gasteiger partial charge in [-0.3, -0.25) is 15.6 Å². The van der Waals surface area contributed by atoms with Crippen LogP contribution in [0, 0.1) is 16.7 Å². The predicted octanol–water partition coefficient (Wildman–Crippen LogP) is 1.56. The van der Waals surface area contributed by atoms with Gasteiger partial charge in [-0.1, -0.05) is 5.21 Å². The lowest BCUT2D eigenvalue weighted by Gasteiger charge is -2.47. The van der Waals surface area contributed by atoms with Gasteiger partial charge >= 0.3 is 6.18 Å². The number of amides is 1. The summed E-state index contributed by atoms with van der Waals surface area (Å²) in [6.07, 6.45) is -2.11. The minimum absolute atomic E-state index is 0.00120. The second-order valence-corrected chi connectivity index (χ2v) is 11.8. The van der Waals surface area contributed by atoms with E-state index in [0.717, 1.165) is 20.1 Å². The number of carbonyl (C=O) groups excluding carboxylic acids is 1. The van der Waals surface area contributed by atoms with Crippen LogP contribution < -0.4 is 26.2 Å². The highest BCUT2D eigenvalue weighted by atomic mass is 19.4. The number of alkyl halides is 3. The van der Waals surface area contributed by atoms with Crippen LogP contribution in [0.4, 0.5) is 19.0 Å². The summed E-state index contributed by atoms with van der Waals surface area (Å²) in [6.45, 7) is 6.34. The number of aromatic nitrogens is 3. The number of nitrogens with one attached hydrogen (secondary N) is 3. The lowest BCUT2D eigenvalue weighted by Crippen LogP contribution is -2.49. The second kappa shape index (κ2) is 11.6. The number of nitrogens with two attached hydrogens (primary N) is 1. The average Bonchev–Trinajstić information content (AvgIpc) is 3.42. The number of pyridine rings is 1. The molecule has 10 radical (unpaired) electrons. The maximum Gasteiger partial charge on any atom is 0.397 e. The molecule has 1 aliphatic rings. The van der Waals surface area contributed by atoms with Gasteiger partial charge in [-0.15, -0.1) is 10.2 Å². The van der Waals surface area contributed by atoms with Crippen molar-refractivity contribution in [3.8, 4) is 11.7 Å². The van der Waals surface area contributed by atoms with Crippen LogP contribution >= 0.6 is 0 Å². The van der Waals surface area contributed by atoms with Crippen molar-refractivity contribution in [1.29, 1.82) is 5.41 Å². The summed E-state index contributed by atoms with van der Waals surface area (Å²) < 4.78 is 46.4. The first-order valence-electron chi connectivity index (χ1n) is 13.1. The summed E-state index contributed by atoms with van der Waals surface area (Å²) >= 11 is 0. The molecular weight excluding hydrogens is 555 g/mol. The Hall–Kier alpha value is -3.45. The molecule has 1 amide bonds. The molecule has 1 saturated heterocycles. The fourth-order valence-corrected chi connectivity index (χ4v) is 4.38. The van der Waals surface area contributed by atoms with E-state index in [1.54, 1.807) is 25.7 Å². The zero-order chi connectivity index (χ0) is 32.8. The molecule has 1 atom stereocenters. The maximum atomic E-state index is 13.4. The van der Waals surface area contributed by atoms with Gasteiger partial charge in [0.05, 0.1) is 55.9 Å². The number of anilines is 1. The molecule has 5 N–H and O–H groups in total. The first-order chi connectivity index (χ1) is 19.5. The Kier molecular flexibility index (Phi) is 9.16. The Morgan fingerprint density at radius 3 is 2.35 bits per heavy atom. The lowest BCUT2D eigenvalue weighted by molar-refractivity contribution is -0.219. The van der Waals surface area contributed by atoms with Gasteiger partial charge in [0.15, 0.2) is 5.82 Å². The Morgan fingerprint density at radius 1 is 1.21 bits per heavy atom. The molecule has 0 bridgehead atoms. The van der Waals surface area contributed by atoms with E-state index >= 15 is 0 Å². The minimum atomic E-state index is -4.48. The zero-order valence-electron chi connectivity index (χ0n) is 24.6. The maximum absolute atomic E-state index is 13.4. The van der Waals surface area contributed by atoms with Gasteiger partial charge in [-0.25, -0.2) is 9.67 Å². The number of rotatable bonds is 10. The number of hydrogen-bond acceptors (Lipinski definition) is 8. The van der Waals surface area contributed by atoms with Crippen molar-refractivity contribution in [1.82, 2.24) is 25.6 Å². The minimum Gasteiger partial charge on any atom is -0.476 e. The number of carbonyl (C=O) groups is 1. The first kappa shape index (κ1) is 34.0. The molecule has 1 unspecified atom stereocenters. The van der Waals surface area contributed by atoms with E-state index in [4.69, 9.17) is 55.1 Å². The Labute approximate surface area is 255 Å². The van der Waals surface area contributed by atoms with E-state index in [1.165, 1.54) is 29.1 Å². The molecular formula is C25H30B5F3N8O2. The number of hydrogen-bond donors (Lipinski definition) is 4. The number of halogens is 3. The van der Waals surface area contributed by atoms with Crippen molar-refractivity contribution in [3.63, 3.8) is 0 Å². The van der Waals surface area contributed by atoms with Gasteiger partial charge in [-0.2, -0.15) is 13.2 Å². The molecule has 18 heteroatoms. The molecule has 43 heavy (non-hydrogen) atoms. The number of allylic oxidation sites excluding steroid dienone is 2. The van der Waals surface area contributed by atoms with Crippen molar-refractivity contribution >= 4 is 57.2 Å². The van der Waals surface area contributed by atoms with Crippen LogP contribution in [-0.4, -0.2) is 91.0 Å². The third-order valence-corrected chi connectivity index (χ3v) is 7.67. The monoisotopic (exact) mass is 586 g/mol. The van der Waals surface area contributed by atoms with Crippen LogP contribution in [0.5, 0.6) is 5.88 Å². The zero-order valence-corrected chi connectivity index (χ0v) is 24.6. The highest BCUT2D eigenvalue weighted by Gasteiger charge is 2.55. The third kappa shape index (κ3) is 6.72. The van der Waals surface area contributed by atoms with Gasteiger partial charge in [0.2, 0.25) is 5.88 Å². The summed E-state index contributed by atoms with van der Waals surface area (Å²) in [4.78, 5) is 19.7. The van der Waals surface area contributed by atoms with Gasteiger partial charge in [-0.05, 0) is 52.7 Å². The van der Waals surface area contributed by atoms with Crippen LogP contribution in [-0.2, 0) is 0 Å². The van der Waals surface area contributed by atoms with E-state index in [9.17, 15) is 18.0 Å². The normalized spacial score (nSPS) is 19.0. The van der Waals surface area contributed by atoms with Crippen molar-refractivity contribution in [2.45, 2.75) is 56.7 Å². The summed E-state index contributed by atoms with van der Waals surface area (Å²) in [7, 11) is 31.2. The standard InChI is InChI=1S/C25H30B5F3N8O2/c1-13(35)15(10-34)37-38-20(42)14-6-7-17(41-9-8-18(39-41)43-12-21(2,3)25(31,32)33)36-19(14)40-11-16(24(28,29)30)23(26,27)22(40,4)5/h6-10,16,34,37H,11-12,35H2,1-5H3,(H,38,42). The molecule has 2 aromatic rings. The van der Waals surface area contributed by atoms with Crippen LogP contribution in [0.25, 0.3) is 5.82 Å². The quantitative estimate of drug-likeness (QED) is 0.189. The first-order valence-corrected chi connectivity index (χ1v) is 13.1. The Morgan fingerprint density at radius 2 is 1.84 bits per heavy atom. The topological polar surface area (TPSA) is 134 Å². The highest BCUT2D eigenvalue weighted by Crippen LogP contribution is 2.57. The Bertz CT molecular complexity index is 1400. The SMILES string of the molecule is [B]C([B])([B])C1CN(c2nc(-n3ccc(OCC(C)(C)C(F)(F)F)n3)ccc2C(=O)NNC(C=N)=C(C)N)C(C)(C)C1([B])[B]. The lowest BCUT2D eigenvalue weighted by atomic mass is 9.28. The molecule has 0 saturated carbocycles. The molecule has 2 aromatic heterocycles. The highest BCUT2D eigenvalue weighted by molar-refractivity contribution is 6.60. The van der Waals surface area contributed by atoms with Gasteiger partial charge < -0.3 is 20.8 Å². The fourth-order valence-electron chi connectivity index (χ4n) is 4.38.